The van der Waals surface area contributed by atoms with E-state index in [0.29, 0.717) is 13.2 Å². The Morgan fingerprint density at radius 2 is 1.71 bits per heavy atom. The van der Waals surface area contributed by atoms with E-state index >= 15 is 0 Å². The fourth-order valence-corrected chi connectivity index (χ4v) is 2.88. The minimum absolute atomic E-state index is 0.0672. The van der Waals surface area contributed by atoms with Gasteiger partial charge in [0.25, 0.3) is 0 Å². The number of benzene rings is 2. The zero-order valence-electron chi connectivity index (χ0n) is 14.0. The van der Waals surface area contributed by atoms with Gasteiger partial charge in [-0.2, -0.15) is 0 Å². The molecule has 0 aliphatic carbocycles. The highest BCUT2D eigenvalue weighted by Gasteiger charge is 2.21. The minimum atomic E-state index is 0.0672. The highest BCUT2D eigenvalue weighted by Crippen LogP contribution is 2.19. The topological polar surface area (TPSA) is 50.4 Å². The molecule has 4 heteroatoms. The van der Waals surface area contributed by atoms with Gasteiger partial charge in [0.2, 0.25) is 5.91 Å². The number of hydrogen-bond acceptors (Lipinski definition) is 3. The van der Waals surface area contributed by atoms with Crippen molar-refractivity contribution in [2.24, 2.45) is 5.92 Å². The Balaban J connectivity index is 1.53. The average Bonchev–Trinajstić information content (AvgIpc) is 2.63. The summed E-state index contributed by atoms with van der Waals surface area (Å²) in [6.45, 7) is 4.27. The van der Waals surface area contributed by atoms with E-state index in [2.05, 4.69) is 41.8 Å². The van der Waals surface area contributed by atoms with E-state index in [4.69, 9.17) is 4.74 Å². The van der Waals surface area contributed by atoms with Crippen LogP contribution in [-0.4, -0.2) is 19.1 Å². The molecule has 1 fully saturated rings. The van der Waals surface area contributed by atoms with Crippen LogP contribution >= 0.6 is 0 Å². The van der Waals surface area contributed by atoms with E-state index in [9.17, 15) is 4.79 Å². The third-order valence-electron chi connectivity index (χ3n) is 4.49. The second-order valence-electron chi connectivity index (χ2n) is 6.23. The minimum Gasteiger partial charge on any atom is -0.381 e. The van der Waals surface area contributed by atoms with Crippen molar-refractivity contribution in [2.75, 3.05) is 23.8 Å². The van der Waals surface area contributed by atoms with Gasteiger partial charge in [0.1, 0.15) is 0 Å². The number of hydrogen-bond donors (Lipinski definition) is 2. The van der Waals surface area contributed by atoms with Gasteiger partial charge in [-0.05, 0) is 55.2 Å². The van der Waals surface area contributed by atoms with E-state index in [1.54, 1.807) is 0 Å². The quantitative estimate of drug-likeness (QED) is 0.875. The van der Waals surface area contributed by atoms with Crippen LogP contribution in [-0.2, 0) is 16.1 Å². The van der Waals surface area contributed by atoms with Crippen molar-refractivity contribution in [1.29, 1.82) is 0 Å². The molecule has 3 rings (SSSR count). The Bertz CT molecular complexity index is 676. The van der Waals surface area contributed by atoms with Crippen molar-refractivity contribution in [3.8, 4) is 0 Å². The van der Waals surface area contributed by atoms with Crippen LogP contribution in [0.15, 0.2) is 48.5 Å². The van der Waals surface area contributed by atoms with E-state index < -0.39 is 0 Å². The molecule has 0 bridgehead atoms. The van der Waals surface area contributed by atoms with Crippen molar-refractivity contribution in [2.45, 2.75) is 26.3 Å². The predicted octanol–water partition coefficient (Wildman–Crippen LogP) is 3.97. The number of rotatable bonds is 5. The summed E-state index contributed by atoms with van der Waals surface area (Å²) in [4.78, 5) is 12.2. The molecule has 0 saturated carbocycles. The van der Waals surface area contributed by atoms with Crippen molar-refractivity contribution in [3.05, 3.63) is 59.7 Å². The molecule has 2 aromatic carbocycles. The fourth-order valence-electron chi connectivity index (χ4n) is 2.88. The first-order chi connectivity index (χ1) is 11.7. The summed E-state index contributed by atoms with van der Waals surface area (Å²) in [6.07, 6.45) is 1.61. The van der Waals surface area contributed by atoms with Crippen molar-refractivity contribution < 1.29 is 9.53 Å². The van der Waals surface area contributed by atoms with Crippen molar-refractivity contribution in [3.63, 3.8) is 0 Å². The van der Waals surface area contributed by atoms with E-state index in [-0.39, 0.29) is 11.8 Å². The number of amides is 1. The molecule has 2 aromatic rings. The summed E-state index contributed by atoms with van der Waals surface area (Å²) in [7, 11) is 0. The van der Waals surface area contributed by atoms with Crippen LogP contribution in [0.2, 0.25) is 0 Å². The van der Waals surface area contributed by atoms with Crippen molar-refractivity contribution >= 4 is 17.3 Å². The van der Waals surface area contributed by atoms with Gasteiger partial charge < -0.3 is 15.4 Å². The predicted molar refractivity (Wildman–Crippen MR) is 97.1 cm³/mol. The van der Waals surface area contributed by atoms with Crippen LogP contribution in [0.4, 0.5) is 11.4 Å². The highest BCUT2D eigenvalue weighted by atomic mass is 16.5. The van der Waals surface area contributed by atoms with Crippen LogP contribution in [0.3, 0.4) is 0 Å². The first-order valence-corrected chi connectivity index (χ1v) is 8.49. The normalized spacial score (nSPS) is 15.0. The van der Waals surface area contributed by atoms with Crippen LogP contribution < -0.4 is 10.6 Å². The summed E-state index contributed by atoms with van der Waals surface area (Å²) in [5.74, 6) is 0.163. The standard InChI is InChI=1S/C20H24N2O2/c1-15-4-2-3-5-17(15)14-21-18-6-8-19(9-7-18)22-20(23)16-10-12-24-13-11-16/h2-9,16,21H,10-14H2,1H3,(H,22,23). The van der Waals surface area contributed by atoms with Crippen LogP contribution in [0.25, 0.3) is 0 Å². The summed E-state index contributed by atoms with van der Waals surface area (Å²) >= 11 is 0. The maximum Gasteiger partial charge on any atom is 0.227 e. The zero-order chi connectivity index (χ0) is 16.8. The molecule has 1 aliphatic rings. The summed E-state index contributed by atoms with van der Waals surface area (Å²) < 4.78 is 5.30. The molecule has 1 heterocycles. The SMILES string of the molecule is Cc1ccccc1CNc1ccc(NC(=O)C2CCOCC2)cc1. The Hall–Kier alpha value is -2.33. The molecule has 0 unspecified atom stereocenters. The molecule has 126 valence electrons. The second kappa shape index (κ2) is 7.97. The molecular weight excluding hydrogens is 300 g/mol. The number of aryl methyl sites for hydroxylation is 1. The van der Waals surface area contributed by atoms with Gasteiger partial charge >= 0.3 is 0 Å². The molecule has 1 saturated heterocycles. The van der Waals surface area contributed by atoms with Gasteiger partial charge in [-0.3, -0.25) is 4.79 Å². The summed E-state index contributed by atoms with van der Waals surface area (Å²) in [5, 5.41) is 6.42. The lowest BCUT2D eigenvalue weighted by molar-refractivity contribution is -0.122. The smallest absolute Gasteiger partial charge is 0.227 e. The Labute approximate surface area is 143 Å². The molecule has 0 aromatic heterocycles. The van der Waals surface area contributed by atoms with Gasteiger partial charge in [-0.1, -0.05) is 24.3 Å². The molecule has 1 aliphatic heterocycles. The van der Waals surface area contributed by atoms with Gasteiger partial charge in [0.15, 0.2) is 0 Å². The largest absolute Gasteiger partial charge is 0.381 e. The summed E-state index contributed by atoms with van der Waals surface area (Å²) in [5.41, 5.74) is 4.45. The van der Waals surface area contributed by atoms with Gasteiger partial charge in [-0.25, -0.2) is 0 Å². The van der Waals surface area contributed by atoms with Crippen LogP contribution in [0.1, 0.15) is 24.0 Å². The summed E-state index contributed by atoms with van der Waals surface area (Å²) in [6, 6.07) is 16.2. The first-order valence-electron chi connectivity index (χ1n) is 8.49. The van der Waals surface area contributed by atoms with Crippen LogP contribution in [0, 0.1) is 12.8 Å². The van der Waals surface area contributed by atoms with Gasteiger partial charge in [0.05, 0.1) is 0 Å². The molecule has 2 N–H and O–H groups in total. The van der Waals surface area contributed by atoms with Crippen molar-refractivity contribution in [1.82, 2.24) is 0 Å². The molecule has 0 atom stereocenters. The Morgan fingerprint density at radius 3 is 2.42 bits per heavy atom. The molecule has 0 spiro atoms. The monoisotopic (exact) mass is 324 g/mol. The van der Waals surface area contributed by atoms with E-state index in [1.165, 1.54) is 11.1 Å². The number of anilines is 2. The highest BCUT2D eigenvalue weighted by molar-refractivity contribution is 5.92. The maximum atomic E-state index is 12.2. The Morgan fingerprint density at radius 1 is 1.04 bits per heavy atom. The zero-order valence-corrected chi connectivity index (χ0v) is 14.0. The number of carbonyl (C=O) groups excluding carboxylic acids is 1. The maximum absolute atomic E-state index is 12.2. The van der Waals surface area contributed by atoms with Gasteiger partial charge in [0, 0.05) is 37.1 Å². The number of nitrogens with one attached hydrogen (secondary N) is 2. The number of carbonyl (C=O) groups is 1. The Kier molecular flexibility index (Phi) is 5.49. The van der Waals surface area contributed by atoms with Gasteiger partial charge in [-0.15, -0.1) is 0 Å². The lowest BCUT2D eigenvalue weighted by Gasteiger charge is -2.21. The number of ether oxygens (including phenoxy) is 1. The molecule has 1 amide bonds. The van der Waals surface area contributed by atoms with E-state index in [1.807, 2.05) is 24.3 Å². The third kappa shape index (κ3) is 4.36. The third-order valence-corrected chi connectivity index (χ3v) is 4.49. The average molecular weight is 324 g/mol. The lowest BCUT2D eigenvalue weighted by Crippen LogP contribution is -2.28. The molecule has 4 nitrogen and oxygen atoms in total. The first kappa shape index (κ1) is 16.5. The molecular formula is C20H24N2O2. The molecule has 0 radical (unpaired) electrons. The second-order valence-corrected chi connectivity index (χ2v) is 6.23. The van der Waals surface area contributed by atoms with Crippen LogP contribution in [0.5, 0.6) is 0 Å². The fraction of sp³-hybridized carbons (Fsp3) is 0.350. The van der Waals surface area contributed by atoms with E-state index in [0.717, 1.165) is 30.8 Å². The lowest BCUT2D eigenvalue weighted by atomic mass is 9.99. The molecule has 24 heavy (non-hydrogen) atoms.